The standard InChI is InChI=1S/C18H20F2N4O3/c19-12-2-1-3-13(20)15(12)17(26)23-14-8-21-24-16(14)18(27)22-11-6-4-10(9-25)5-7-11/h1-3,8,10-11,25H,4-7,9H2,(H,21,24)(H,22,27)(H,23,26). The monoisotopic (exact) mass is 378 g/mol. The fraction of sp³-hybridized carbons (Fsp3) is 0.389. The van der Waals surface area contributed by atoms with E-state index in [-0.39, 0.29) is 29.9 Å². The Hall–Kier alpha value is -2.81. The average Bonchev–Trinajstić information content (AvgIpc) is 3.10. The molecule has 1 aromatic heterocycles. The summed E-state index contributed by atoms with van der Waals surface area (Å²) in [5.41, 5.74) is -0.763. The molecule has 0 spiro atoms. The maximum Gasteiger partial charge on any atom is 0.274 e. The highest BCUT2D eigenvalue weighted by Gasteiger charge is 2.25. The van der Waals surface area contributed by atoms with Gasteiger partial charge in [-0.15, -0.1) is 0 Å². The van der Waals surface area contributed by atoms with Gasteiger partial charge in [-0.1, -0.05) is 6.07 Å². The molecular formula is C18H20F2N4O3. The Labute approximate surface area is 154 Å². The maximum absolute atomic E-state index is 13.7. The Morgan fingerprint density at radius 1 is 1.15 bits per heavy atom. The number of benzene rings is 1. The van der Waals surface area contributed by atoms with Crippen LogP contribution in [0.5, 0.6) is 0 Å². The molecular weight excluding hydrogens is 358 g/mol. The topological polar surface area (TPSA) is 107 Å². The smallest absolute Gasteiger partial charge is 0.274 e. The van der Waals surface area contributed by atoms with E-state index in [2.05, 4.69) is 20.8 Å². The van der Waals surface area contributed by atoms with Crippen molar-refractivity contribution in [3.63, 3.8) is 0 Å². The molecule has 0 unspecified atom stereocenters. The zero-order valence-corrected chi connectivity index (χ0v) is 14.5. The van der Waals surface area contributed by atoms with Gasteiger partial charge in [0, 0.05) is 18.8 Å². The number of aliphatic hydroxyl groups is 1. The predicted molar refractivity (Wildman–Crippen MR) is 93.2 cm³/mol. The molecule has 0 aliphatic heterocycles. The molecule has 144 valence electrons. The molecule has 0 atom stereocenters. The Morgan fingerprint density at radius 3 is 2.44 bits per heavy atom. The molecule has 3 rings (SSSR count). The number of rotatable bonds is 5. The molecule has 1 heterocycles. The maximum atomic E-state index is 13.7. The lowest BCUT2D eigenvalue weighted by Crippen LogP contribution is -2.38. The van der Waals surface area contributed by atoms with Crippen LogP contribution in [0.1, 0.15) is 46.5 Å². The first-order chi connectivity index (χ1) is 13.0. The van der Waals surface area contributed by atoms with Gasteiger partial charge in [-0.05, 0) is 43.7 Å². The van der Waals surface area contributed by atoms with Gasteiger partial charge in [0.1, 0.15) is 17.2 Å². The molecule has 4 N–H and O–H groups in total. The highest BCUT2D eigenvalue weighted by atomic mass is 19.1. The summed E-state index contributed by atoms with van der Waals surface area (Å²) in [4.78, 5) is 24.7. The number of hydrogen-bond acceptors (Lipinski definition) is 4. The fourth-order valence-corrected chi connectivity index (χ4v) is 3.20. The van der Waals surface area contributed by atoms with Crippen LogP contribution in [0.3, 0.4) is 0 Å². The zero-order chi connectivity index (χ0) is 19.4. The zero-order valence-electron chi connectivity index (χ0n) is 14.5. The van der Waals surface area contributed by atoms with E-state index in [1.54, 1.807) is 0 Å². The van der Waals surface area contributed by atoms with E-state index < -0.39 is 29.0 Å². The fourth-order valence-electron chi connectivity index (χ4n) is 3.20. The highest BCUT2D eigenvalue weighted by Crippen LogP contribution is 2.24. The molecule has 9 heteroatoms. The van der Waals surface area contributed by atoms with Gasteiger partial charge < -0.3 is 15.7 Å². The summed E-state index contributed by atoms with van der Waals surface area (Å²) in [6.45, 7) is 0.142. The van der Waals surface area contributed by atoms with Gasteiger partial charge in [0.15, 0.2) is 5.69 Å². The summed E-state index contributed by atoms with van der Waals surface area (Å²) in [5.74, 6) is -3.24. The number of halogens is 2. The van der Waals surface area contributed by atoms with E-state index in [1.165, 1.54) is 6.20 Å². The number of carbonyl (C=O) groups is 2. The van der Waals surface area contributed by atoms with Gasteiger partial charge >= 0.3 is 0 Å². The van der Waals surface area contributed by atoms with Crippen LogP contribution < -0.4 is 10.6 Å². The summed E-state index contributed by atoms with van der Waals surface area (Å²) in [6.07, 6.45) is 4.39. The molecule has 1 fully saturated rings. The molecule has 0 bridgehead atoms. The van der Waals surface area contributed by atoms with E-state index in [0.717, 1.165) is 43.9 Å². The minimum absolute atomic E-state index is 0.0317. The largest absolute Gasteiger partial charge is 0.396 e. The SMILES string of the molecule is O=C(NC1CCC(CO)CC1)c1n[nH]cc1NC(=O)c1c(F)cccc1F. The summed E-state index contributed by atoms with van der Waals surface area (Å²) in [6, 6.07) is 3.06. The number of carbonyl (C=O) groups excluding carboxylic acids is 2. The first-order valence-electron chi connectivity index (χ1n) is 8.70. The van der Waals surface area contributed by atoms with Gasteiger partial charge in [-0.3, -0.25) is 14.7 Å². The number of anilines is 1. The molecule has 2 aromatic rings. The van der Waals surface area contributed by atoms with Crippen molar-refractivity contribution in [2.75, 3.05) is 11.9 Å². The third-order valence-corrected chi connectivity index (χ3v) is 4.73. The van der Waals surface area contributed by atoms with Crippen LogP contribution in [0, 0.1) is 17.6 Å². The van der Waals surface area contributed by atoms with Crippen molar-refractivity contribution in [3.8, 4) is 0 Å². The number of nitrogens with zero attached hydrogens (tertiary/aromatic N) is 1. The lowest BCUT2D eigenvalue weighted by molar-refractivity contribution is 0.0909. The quantitative estimate of drug-likeness (QED) is 0.640. The average molecular weight is 378 g/mol. The number of nitrogens with one attached hydrogen (secondary N) is 3. The lowest BCUT2D eigenvalue weighted by atomic mass is 9.86. The van der Waals surface area contributed by atoms with Gasteiger partial charge in [0.2, 0.25) is 0 Å². The Balaban J connectivity index is 1.67. The van der Waals surface area contributed by atoms with Crippen LogP contribution in [0.15, 0.2) is 24.4 Å². The molecule has 1 saturated carbocycles. The summed E-state index contributed by atoms with van der Waals surface area (Å²) < 4.78 is 27.5. The highest BCUT2D eigenvalue weighted by molar-refractivity contribution is 6.08. The number of amides is 2. The number of hydrogen-bond donors (Lipinski definition) is 4. The third kappa shape index (κ3) is 4.30. The summed E-state index contributed by atoms with van der Waals surface area (Å²) >= 11 is 0. The van der Waals surface area contributed by atoms with E-state index in [4.69, 9.17) is 5.11 Å². The molecule has 1 aromatic carbocycles. The second-order valence-electron chi connectivity index (χ2n) is 6.57. The Morgan fingerprint density at radius 2 is 1.81 bits per heavy atom. The van der Waals surface area contributed by atoms with Crippen molar-refractivity contribution in [3.05, 3.63) is 47.3 Å². The second kappa shape index (κ2) is 8.26. The van der Waals surface area contributed by atoms with Crippen molar-refractivity contribution in [2.45, 2.75) is 31.7 Å². The minimum atomic E-state index is -1.01. The first kappa shape index (κ1) is 19.0. The van der Waals surface area contributed by atoms with Gasteiger partial charge in [0.25, 0.3) is 11.8 Å². The van der Waals surface area contributed by atoms with Crippen LogP contribution in [-0.4, -0.2) is 39.8 Å². The van der Waals surface area contributed by atoms with Crippen LogP contribution in [0.25, 0.3) is 0 Å². The minimum Gasteiger partial charge on any atom is -0.396 e. The Bertz CT molecular complexity index is 812. The molecule has 1 aliphatic carbocycles. The van der Waals surface area contributed by atoms with Crippen molar-refractivity contribution >= 4 is 17.5 Å². The van der Waals surface area contributed by atoms with Gasteiger partial charge in [0.05, 0.1) is 5.69 Å². The van der Waals surface area contributed by atoms with E-state index >= 15 is 0 Å². The van der Waals surface area contributed by atoms with Crippen molar-refractivity contribution < 1.29 is 23.5 Å². The molecule has 2 amide bonds. The lowest BCUT2D eigenvalue weighted by Gasteiger charge is -2.27. The van der Waals surface area contributed by atoms with Gasteiger partial charge in [-0.25, -0.2) is 8.78 Å². The number of aromatic amines is 1. The second-order valence-corrected chi connectivity index (χ2v) is 6.57. The summed E-state index contributed by atoms with van der Waals surface area (Å²) in [7, 11) is 0. The van der Waals surface area contributed by atoms with Crippen molar-refractivity contribution in [2.24, 2.45) is 5.92 Å². The molecule has 0 radical (unpaired) electrons. The molecule has 1 aliphatic rings. The third-order valence-electron chi connectivity index (χ3n) is 4.73. The first-order valence-corrected chi connectivity index (χ1v) is 8.70. The number of aromatic nitrogens is 2. The van der Waals surface area contributed by atoms with E-state index in [0.29, 0.717) is 0 Å². The van der Waals surface area contributed by atoms with Gasteiger partial charge in [-0.2, -0.15) is 5.10 Å². The van der Waals surface area contributed by atoms with E-state index in [9.17, 15) is 18.4 Å². The van der Waals surface area contributed by atoms with Crippen LogP contribution in [-0.2, 0) is 0 Å². The van der Waals surface area contributed by atoms with Crippen LogP contribution in [0.2, 0.25) is 0 Å². The summed E-state index contributed by atoms with van der Waals surface area (Å²) in [5, 5.41) is 20.6. The molecule has 0 saturated heterocycles. The normalized spacial score (nSPS) is 19.5. The Kier molecular flexibility index (Phi) is 5.80. The van der Waals surface area contributed by atoms with Crippen molar-refractivity contribution in [1.29, 1.82) is 0 Å². The van der Waals surface area contributed by atoms with Crippen molar-refractivity contribution in [1.82, 2.24) is 15.5 Å². The number of aliphatic hydroxyl groups excluding tert-OH is 1. The molecule has 7 nitrogen and oxygen atoms in total. The predicted octanol–water partition coefficient (Wildman–Crippen LogP) is 2.22. The van der Waals surface area contributed by atoms with Crippen LogP contribution >= 0.6 is 0 Å². The van der Waals surface area contributed by atoms with E-state index in [1.807, 2.05) is 0 Å². The molecule has 27 heavy (non-hydrogen) atoms. The van der Waals surface area contributed by atoms with Crippen LogP contribution in [0.4, 0.5) is 14.5 Å². The number of H-pyrrole nitrogens is 1.